The van der Waals surface area contributed by atoms with E-state index in [4.69, 9.17) is 0 Å². The van der Waals surface area contributed by atoms with Crippen molar-refractivity contribution >= 4 is 17.4 Å². The Balaban J connectivity index is 1.96. The Bertz CT molecular complexity index is 579. The first-order valence-electron chi connectivity index (χ1n) is 6.20. The van der Waals surface area contributed by atoms with Crippen LogP contribution in [0.15, 0.2) is 53.4 Å². The van der Waals surface area contributed by atoms with E-state index < -0.39 is 11.0 Å². The molecule has 20 heavy (non-hydrogen) atoms. The van der Waals surface area contributed by atoms with E-state index in [2.05, 4.69) is 0 Å². The van der Waals surface area contributed by atoms with Crippen molar-refractivity contribution in [3.63, 3.8) is 0 Å². The molecule has 0 fully saturated rings. The second kappa shape index (κ2) is 6.54. The summed E-state index contributed by atoms with van der Waals surface area (Å²) in [5, 5.41) is 20.0. The molecule has 0 saturated carbocycles. The summed E-state index contributed by atoms with van der Waals surface area (Å²) in [6.45, 7) is 1.74. The molecule has 1 atom stereocenters. The van der Waals surface area contributed by atoms with Crippen LogP contribution in [0.3, 0.4) is 0 Å². The highest BCUT2D eigenvalue weighted by molar-refractivity contribution is 7.98. The number of benzene rings is 2. The molecule has 1 unspecified atom stereocenters. The van der Waals surface area contributed by atoms with E-state index >= 15 is 0 Å². The Morgan fingerprint density at radius 3 is 2.25 bits per heavy atom. The maximum Gasteiger partial charge on any atom is 0.269 e. The number of hydrogen-bond donors (Lipinski definition) is 1. The maximum absolute atomic E-state index is 10.6. The Morgan fingerprint density at radius 1 is 1.15 bits per heavy atom. The number of nitro benzene ring substituents is 1. The first-order chi connectivity index (χ1) is 9.56. The average molecular weight is 289 g/mol. The van der Waals surface area contributed by atoms with Gasteiger partial charge in [0.25, 0.3) is 5.69 Å². The lowest BCUT2D eigenvalue weighted by Crippen LogP contribution is -1.90. The molecule has 4 nitrogen and oxygen atoms in total. The molecule has 2 rings (SSSR count). The van der Waals surface area contributed by atoms with Gasteiger partial charge in [-0.05, 0) is 30.2 Å². The first kappa shape index (κ1) is 14.6. The van der Waals surface area contributed by atoms with Gasteiger partial charge in [0, 0.05) is 22.8 Å². The van der Waals surface area contributed by atoms with E-state index in [9.17, 15) is 15.2 Å². The minimum absolute atomic E-state index is 0.111. The third kappa shape index (κ3) is 3.82. The number of non-ortho nitro benzene ring substituents is 1. The third-order valence-corrected chi connectivity index (χ3v) is 4.00. The standard InChI is InChI=1S/C15H15NO3S/c1-11(17)13-4-8-15(9-5-13)20-10-12-2-6-14(7-3-12)16(18)19/h2-9,11,17H,10H2,1H3. The van der Waals surface area contributed by atoms with Crippen molar-refractivity contribution in [1.29, 1.82) is 0 Å². The van der Waals surface area contributed by atoms with Crippen molar-refractivity contribution < 1.29 is 10.0 Å². The summed E-state index contributed by atoms with van der Waals surface area (Å²) in [7, 11) is 0. The molecule has 0 aliphatic carbocycles. The van der Waals surface area contributed by atoms with Crippen LogP contribution in [0.4, 0.5) is 5.69 Å². The van der Waals surface area contributed by atoms with Gasteiger partial charge < -0.3 is 5.11 Å². The van der Waals surface area contributed by atoms with Gasteiger partial charge in [-0.3, -0.25) is 10.1 Å². The fourth-order valence-corrected chi connectivity index (χ4v) is 2.58. The van der Waals surface area contributed by atoms with Crippen LogP contribution in [0.5, 0.6) is 0 Å². The van der Waals surface area contributed by atoms with Crippen LogP contribution in [0, 0.1) is 10.1 Å². The molecule has 104 valence electrons. The number of aliphatic hydroxyl groups is 1. The fourth-order valence-electron chi connectivity index (χ4n) is 1.72. The smallest absolute Gasteiger partial charge is 0.269 e. The largest absolute Gasteiger partial charge is 0.389 e. The topological polar surface area (TPSA) is 63.4 Å². The fraction of sp³-hybridized carbons (Fsp3) is 0.200. The van der Waals surface area contributed by atoms with Crippen LogP contribution in [-0.4, -0.2) is 10.0 Å². The molecule has 0 aliphatic rings. The number of rotatable bonds is 5. The lowest BCUT2D eigenvalue weighted by atomic mass is 10.1. The van der Waals surface area contributed by atoms with Crippen LogP contribution >= 0.6 is 11.8 Å². The van der Waals surface area contributed by atoms with Crippen molar-refractivity contribution in [2.75, 3.05) is 0 Å². The van der Waals surface area contributed by atoms with Crippen LogP contribution in [0.2, 0.25) is 0 Å². The van der Waals surface area contributed by atoms with Crippen molar-refractivity contribution in [2.45, 2.75) is 23.7 Å². The molecule has 0 spiro atoms. The minimum Gasteiger partial charge on any atom is -0.389 e. The van der Waals surface area contributed by atoms with E-state index in [1.165, 1.54) is 12.1 Å². The normalized spacial score (nSPS) is 12.1. The lowest BCUT2D eigenvalue weighted by Gasteiger charge is -2.06. The molecule has 2 aromatic rings. The highest BCUT2D eigenvalue weighted by Gasteiger charge is 2.05. The van der Waals surface area contributed by atoms with E-state index in [1.807, 2.05) is 24.3 Å². The average Bonchev–Trinajstić information content (AvgIpc) is 2.46. The summed E-state index contributed by atoms with van der Waals surface area (Å²) < 4.78 is 0. The number of thioether (sulfide) groups is 1. The molecule has 5 heteroatoms. The van der Waals surface area contributed by atoms with Gasteiger partial charge in [-0.25, -0.2) is 0 Å². The maximum atomic E-state index is 10.6. The Morgan fingerprint density at radius 2 is 1.75 bits per heavy atom. The number of hydrogen-bond acceptors (Lipinski definition) is 4. The molecule has 2 aromatic carbocycles. The summed E-state index contributed by atoms with van der Waals surface area (Å²) in [6.07, 6.45) is -0.455. The second-order valence-electron chi connectivity index (χ2n) is 4.46. The zero-order chi connectivity index (χ0) is 14.5. The Labute approximate surface area is 121 Å². The van der Waals surface area contributed by atoms with Crippen molar-refractivity contribution in [2.24, 2.45) is 0 Å². The zero-order valence-electron chi connectivity index (χ0n) is 11.0. The van der Waals surface area contributed by atoms with Crippen LogP contribution in [0.1, 0.15) is 24.2 Å². The highest BCUT2D eigenvalue weighted by atomic mass is 32.2. The number of nitrogens with zero attached hydrogens (tertiary/aromatic N) is 1. The summed E-state index contributed by atoms with van der Waals surface area (Å²) in [5.74, 6) is 0.756. The highest BCUT2D eigenvalue weighted by Crippen LogP contribution is 2.25. The van der Waals surface area contributed by atoms with Crippen molar-refractivity contribution in [3.05, 3.63) is 69.8 Å². The van der Waals surface area contributed by atoms with E-state index in [1.54, 1.807) is 30.8 Å². The van der Waals surface area contributed by atoms with E-state index in [0.717, 1.165) is 21.8 Å². The van der Waals surface area contributed by atoms with Gasteiger partial charge in [-0.15, -0.1) is 11.8 Å². The van der Waals surface area contributed by atoms with Crippen LogP contribution in [-0.2, 0) is 5.75 Å². The predicted molar refractivity (Wildman–Crippen MR) is 79.7 cm³/mol. The molecule has 0 aliphatic heterocycles. The SMILES string of the molecule is CC(O)c1ccc(SCc2ccc([N+](=O)[O-])cc2)cc1. The van der Waals surface area contributed by atoms with E-state index in [0.29, 0.717) is 0 Å². The Hall–Kier alpha value is -1.85. The monoisotopic (exact) mass is 289 g/mol. The van der Waals surface area contributed by atoms with Gasteiger partial charge in [-0.1, -0.05) is 24.3 Å². The number of aliphatic hydroxyl groups excluding tert-OH is 1. The zero-order valence-corrected chi connectivity index (χ0v) is 11.8. The van der Waals surface area contributed by atoms with Crippen molar-refractivity contribution in [1.82, 2.24) is 0 Å². The predicted octanol–water partition coefficient (Wildman–Crippen LogP) is 3.94. The summed E-state index contributed by atoms with van der Waals surface area (Å²) in [5.41, 5.74) is 2.05. The number of nitro groups is 1. The first-order valence-corrected chi connectivity index (χ1v) is 7.19. The van der Waals surface area contributed by atoms with Gasteiger partial charge in [0.2, 0.25) is 0 Å². The molecule has 1 N–H and O–H groups in total. The lowest BCUT2D eigenvalue weighted by molar-refractivity contribution is -0.384. The second-order valence-corrected chi connectivity index (χ2v) is 5.51. The van der Waals surface area contributed by atoms with E-state index in [-0.39, 0.29) is 5.69 Å². The molecule has 0 heterocycles. The van der Waals surface area contributed by atoms with Gasteiger partial charge in [0.1, 0.15) is 0 Å². The summed E-state index contributed by atoms with van der Waals surface area (Å²) in [4.78, 5) is 11.3. The van der Waals surface area contributed by atoms with Gasteiger partial charge >= 0.3 is 0 Å². The molecule has 0 bridgehead atoms. The molecule has 0 amide bonds. The van der Waals surface area contributed by atoms with Gasteiger partial charge in [0.05, 0.1) is 11.0 Å². The van der Waals surface area contributed by atoms with Gasteiger partial charge in [0.15, 0.2) is 0 Å². The van der Waals surface area contributed by atoms with Crippen molar-refractivity contribution in [3.8, 4) is 0 Å². The van der Waals surface area contributed by atoms with Crippen LogP contribution in [0.25, 0.3) is 0 Å². The van der Waals surface area contributed by atoms with Gasteiger partial charge in [-0.2, -0.15) is 0 Å². The molecule has 0 saturated heterocycles. The van der Waals surface area contributed by atoms with Crippen LogP contribution < -0.4 is 0 Å². The quantitative estimate of drug-likeness (QED) is 0.514. The third-order valence-electron chi connectivity index (χ3n) is 2.92. The molecular weight excluding hydrogens is 274 g/mol. The molecule has 0 aromatic heterocycles. The summed E-state index contributed by atoms with van der Waals surface area (Å²) in [6, 6.07) is 14.3. The Kier molecular flexibility index (Phi) is 4.76. The summed E-state index contributed by atoms with van der Waals surface area (Å²) >= 11 is 1.66. The minimum atomic E-state index is -0.455. The molecule has 0 radical (unpaired) electrons. The molecular formula is C15H15NO3S.